The molecule has 2 nitrogen and oxygen atoms in total. The Bertz CT molecular complexity index is 367. The fourth-order valence-corrected chi connectivity index (χ4v) is 3.08. The molecule has 2 N–H and O–H groups in total. The first-order valence-electron chi connectivity index (χ1n) is 6.45. The molecule has 0 amide bonds. The van der Waals surface area contributed by atoms with E-state index in [1.807, 2.05) is 12.1 Å². The van der Waals surface area contributed by atoms with Gasteiger partial charge in [0.15, 0.2) is 0 Å². The van der Waals surface area contributed by atoms with Gasteiger partial charge in [-0.15, -0.1) is 0 Å². The monoisotopic (exact) mass is 252 g/mol. The number of rotatable bonds is 4. The molecule has 1 aromatic carbocycles. The largest absolute Gasteiger partial charge is 0.330 e. The molecule has 2 rings (SSSR count). The van der Waals surface area contributed by atoms with Crippen LogP contribution in [0, 0.1) is 5.92 Å². The van der Waals surface area contributed by atoms with Crippen molar-refractivity contribution < 1.29 is 0 Å². The molecule has 94 valence electrons. The van der Waals surface area contributed by atoms with Crippen molar-refractivity contribution in [2.24, 2.45) is 11.7 Å². The molecule has 0 bridgehead atoms. The summed E-state index contributed by atoms with van der Waals surface area (Å²) in [7, 11) is 0. The predicted octanol–water partition coefficient (Wildman–Crippen LogP) is 3.07. The lowest BCUT2D eigenvalue weighted by molar-refractivity contribution is 0.230. The number of likely N-dealkylation sites (tertiary alicyclic amines) is 1. The fraction of sp³-hybridized carbons (Fsp3) is 0.571. The molecule has 1 aromatic rings. The van der Waals surface area contributed by atoms with E-state index in [2.05, 4.69) is 24.0 Å². The van der Waals surface area contributed by atoms with Crippen molar-refractivity contribution in [3.63, 3.8) is 0 Å². The van der Waals surface area contributed by atoms with E-state index in [1.54, 1.807) is 0 Å². The summed E-state index contributed by atoms with van der Waals surface area (Å²) < 4.78 is 0. The average Bonchev–Trinajstić information content (AvgIpc) is 2.72. The topological polar surface area (TPSA) is 29.3 Å². The molecular weight excluding hydrogens is 232 g/mol. The number of nitrogens with two attached hydrogens (primary N) is 1. The Balaban J connectivity index is 2.24. The van der Waals surface area contributed by atoms with Crippen LogP contribution in [0.4, 0.5) is 0 Å². The van der Waals surface area contributed by atoms with Crippen LogP contribution in [-0.4, -0.2) is 24.5 Å². The zero-order valence-corrected chi connectivity index (χ0v) is 11.2. The third kappa shape index (κ3) is 2.82. The molecule has 0 spiro atoms. The minimum atomic E-state index is 0.457. The predicted molar refractivity (Wildman–Crippen MR) is 73.2 cm³/mol. The normalized spacial score (nSPS) is 25.4. The van der Waals surface area contributed by atoms with Gasteiger partial charge in [-0.1, -0.05) is 30.7 Å². The van der Waals surface area contributed by atoms with E-state index in [0.717, 1.165) is 24.7 Å². The van der Waals surface area contributed by atoms with Gasteiger partial charge >= 0.3 is 0 Å². The molecule has 1 saturated heterocycles. The van der Waals surface area contributed by atoms with Gasteiger partial charge in [-0.05, 0) is 56.1 Å². The lowest BCUT2D eigenvalue weighted by atomic mass is 9.94. The van der Waals surface area contributed by atoms with Crippen LogP contribution in [0.3, 0.4) is 0 Å². The van der Waals surface area contributed by atoms with Crippen LogP contribution in [0.2, 0.25) is 5.02 Å². The third-order valence-corrected chi connectivity index (χ3v) is 3.87. The zero-order chi connectivity index (χ0) is 12.3. The van der Waals surface area contributed by atoms with Crippen molar-refractivity contribution in [2.75, 3.05) is 19.6 Å². The Morgan fingerprint density at radius 1 is 1.47 bits per heavy atom. The maximum Gasteiger partial charge on any atom is 0.0409 e. The van der Waals surface area contributed by atoms with Crippen molar-refractivity contribution in [2.45, 2.75) is 25.8 Å². The highest BCUT2D eigenvalue weighted by Crippen LogP contribution is 2.37. The molecule has 0 radical (unpaired) electrons. The minimum Gasteiger partial charge on any atom is -0.330 e. The SMILES string of the molecule is CCCN1CCC(CN)C1c1cccc(Cl)c1. The van der Waals surface area contributed by atoms with E-state index in [-0.39, 0.29) is 0 Å². The number of hydrogen-bond donors (Lipinski definition) is 1. The van der Waals surface area contributed by atoms with Crippen molar-refractivity contribution in [3.8, 4) is 0 Å². The maximum absolute atomic E-state index is 6.09. The van der Waals surface area contributed by atoms with Gasteiger partial charge in [0.2, 0.25) is 0 Å². The zero-order valence-electron chi connectivity index (χ0n) is 10.4. The number of halogens is 1. The van der Waals surface area contributed by atoms with Gasteiger partial charge in [-0.2, -0.15) is 0 Å². The van der Waals surface area contributed by atoms with Crippen LogP contribution in [-0.2, 0) is 0 Å². The summed E-state index contributed by atoms with van der Waals surface area (Å²) in [5, 5.41) is 0.821. The van der Waals surface area contributed by atoms with E-state index >= 15 is 0 Å². The molecule has 0 saturated carbocycles. The maximum atomic E-state index is 6.09. The smallest absolute Gasteiger partial charge is 0.0409 e. The summed E-state index contributed by atoms with van der Waals surface area (Å²) in [5.41, 5.74) is 7.22. The lowest BCUT2D eigenvalue weighted by Gasteiger charge is -2.28. The molecule has 1 fully saturated rings. The third-order valence-electron chi connectivity index (χ3n) is 3.63. The summed E-state index contributed by atoms with van der Waals surface area (Å²) in [5.74, 6) is 0.569. The van der Waals surface area contributed by atoms with E-state index in [9.17, 15) is 0 Å². The Morgan fingerprint density at radius 2 is 2.29 bits per heavy atom. The summed E-state index contributed by atoms with van der Waals surface area (Å²) in [6.07, 6.45) is 2.39. The first-order valence-corrected chi connectivity index (χ1v) is 6.83. The summed E-state index contributed by atoms with van der Waals surface area (Å²) in [4.78, 5) is 2.54. The molecule has 0 aliphatic carbocycles. The van der Waals surface area contributed by atoms with Gasteiger partial charge in [0, 0.05) is 11.1 Å². The van der Waals surface area contributed by atoms with Crippen molar-refractivity contribution in [1.29, 1.82) is 0 Å². The van der Waals surface area contributed by atoms with Crippen LogP contribution in [0.5, 0.6) is 0 Å². The standard InChI is InChI=1S/C14H21ClN2/c1-2-7-17-8-6-12(10-16)14(17)11-4-3-5-13(15)9-11/h3-5,9,12,14H,2,6-8,10,16H2,1H3. The van der Waals surface area contributed by atoms with E-state index in [4.69, 9.17) is 17.3 Å². The van der Waals surface area contributed by atoms with Gasteiger partial charge in [0.25, 0.3) is 0 Å². The molecule has 3 heteroatoms. The highest BCUT2D eigenvalue weighted by molar-refractivity contribution is 6.30. The van der Waals surface area contributed by atoms with E-state index in [1.165, 1.54) is 18.4 Å². The van der Waals surface area contributed by atoms with Crippen LogP contribution in [0.25, 0.3) is 0 Å². The number of benzene rings is 1. The second-order valence-corrected chi connectivity index (χ2v) is 5.26. The first kappa shape index (κ1) is 12.9. The molecular formula is C14H21ClN2. The Labute approximate surface area is 109 Å². The van der Waals surface area contributed by atoms with E-state index in [0.29, 0.717) is 12.0 Å². The average molecular weight is 253 g/mol. The second kappa shape index (κ2) is 5.85. The second-order valence-electron chi connectivity index (χ2n) is 4.82. The van der Waals surface area contributed by atoms with Crippen LogP contribution in [0.1, 0.15) is 31.4 Å². The van der Waals surface area contributed by atoms with Crippen LogP contribution < -0.4 is 5.73 Å². The fourth-order valence-electron chi connectivity index (χ4n) is 2.89. The molecule has 2 atom stereocenters. The summed E-state index contributed by atoms with van der Waals surface area (Å²) in [6, 6.07) is 8.68. The molecule has 2 unspecified atom stereocenters. The summed E-state index contributed by atoms with van der Waals surface area (Å²) in [6.45, 7) is 5.29. The first-order chi connectivity index (χ1) is 8.26. The summed E-state index contributed by atoms with van der Waals surface area (Å²) >= 11 is 6.09. The van der Waals surface area contributed by atoms with Crippen molar-refractivity contribution in [1.82, 2.24) is 4.90 Å². The van der Waals surface area contributed by atoms with Gasteiger partial charge in [-0.3, -0.25) is 4.90 Å². The van der Waals surface area contributed by atoms with Gasteiger partial charge < -0.3 is 5.73 Å². The molecule has 17 heavy (non-hydrogen) atoms. The lowest BCUT2D eigenvalue weighted by Crippen LogP contribution is -2.28. The number of hydrogen-bond acceptors (Lipinski definition) is 2. The van der Waals surface area contributed by atoms with Crippen LogP contribution in [0.15, 0.2) is 24.3 Å². The van der Waals surface area contributed by atoms with Crippen molar-refractivity contribution >= 4 is 11.6 Å². The highest BCUT2D eigenvalue weighted by atomic mass is 35.5. The molecule has 1 heterocycles. The minimum absolute atomic E-state index is 0.457. The quantitative estimate of drug-likeness (QED) is 0.893. The molecule has 1 aliphatic rings. The van der Waals surface area contributed by atoms with Gasteiger partial charge in [-0.25, -0.2) is 0 Å². The van der Waals surface area contributed by atoms with E-state index < -0.39 is 0 Å². The Kier molecular flexibility index (Phi) is 4.43. The highest BCUT2D eigenvalue weighted by Gasteiger charge is 2.33. The van der Waals surface area contributed by atoms with Crippen LogP contribution >= 0.6 is 11.6 Å². The molecule has 0 aromatic heterocycles. The Morgan fingerprint density at radius 3 is 2.94 bits per heavy atom. The van der Waals surface area contributed by atoms with Gasteiger partial charge in [0.1, 0.15) is 0 Å². The van der Waals surface area contributed by atoms with Crippen molar-refractivity contribution in [3.05, 3.63) is 34.9 Å². The Hall–Kier alpha value is -0.570. The van der Waals surface area contributed by atoms with Gasteiger partial charge in [0.05, 0.1) is 0 Å². The molecule has 1 aliphatic heterocycles. The number of nitrogens with zero attached hydrogens (tertiary/aromatic N) is 1.